The topological polar surface area (TPSA) is 88.9 Å². The van der Waals surface area contributed by atoms with E-state index in [1.807, 2.05) is 31.2 Å². The molecule has 2 amide bonds. The third-order valence-electron chi connectivity index (χ3n) is 5.80. The molecule has 1 aromatic carbocycles. The monoisotopic (exact) mass is 453 g/mol. The van der Waals surface area contributed by atoms with Crippen molar-refractivity contribution in [2.45, 2.75) is 33.2 Å². The third-order valence-corrected chi connectivity index (χ3v) is 5.80. The lowest BCUT2D eigenvalue weighted by atomic mass is 9.98. The Bertz CT molecular complexity index is 1080. The van der Waals surface area contributed by atoms with Crippen LogP contribution in [-0.4, -0.2) is 65.4 Å². The maximum absolute atomic E-state index is 13.0. The van der Waals surface area contributed by atoms with Gasteiger partial charge in [-0.3, -0.25) is 19.2 Å². The van der Waals surface area contributed by atoms with Gasteiger partial charge in [0.1, 0.15) is 5.56 Å². The highest BCUT2D eigenvalue weighted by Crippen LogP contribution is 2.18. The SMILES string of the molecule is CCOC(=O)C1CCCN(C(=O)CN(C)C(=O)c2cccn(Cc3cccc(C)c3)c2=O)C1. The second kappa shape index (κ2) is 10.9. The van der Waals surface area contributed by atoms with Gasteiger partial charge in [0.2, 0.25) is 5.91 Å². The first kappa shape index (κ1) is 24.2. The summed E-state index contributed by atoms with van der Waals surface area (Å²) in [7, 11) is 1.50. The second-order valence-electron chi connectivity index (χ2n) is 8.44. The number of ether oxygens (including phenoxy) is 1. The van der Waals surface area contributed by atoms with Gasteiger partial charge >= 0.3 is 5.97 Å². The normalized spacial score (nSPS) is 15.7. The molecule has 1 atom stereocenters. The van der Waals surface area contributed by atoms with E-state index >= 15 is 0 Å². The Balaban J connectivity index is 1.66. The summed E-state index contributed by atoms with van der Waals surface area (Å²) in [5, 5.41) is 0. The number of hydrogen-bond donors (Lipinski definition) is 0. The second-order valence-corrected chi connectivity index (χ2v) is 8.44. The molecule has 1 saturated heterocycles. The molecule has 2 aromatic rings. The molecule has 1 unspecified atom stereocenters. The Labute approximate surface area is 193 Å². The number of aromatic nitrogens is 1. The number of nitrogens with zero attached hydrogens (tertiary/aromatic N) is 3. The summed E-state index contributed by atoms with van der Waals surface area (Å²) in [5.74, 6) is -1.40. The van der Waals surface area contributed by atoms with Crippen LogP contribution in [0, 0.1) is 12.8 Å². The van der Waals surface area contributed by atoms with Gasteiger partial charge in [-0.05, 0) is 44.4 Å². The molecule has 0 aliphatic carbocycles. The third kappa shape index (κ3) is 6.09. The minimum absolute atomic E-state index is 0.0171. The number of esters is 1. The van der Waals surface area contributed by atoms with E-state index in [9.17, 15) is 19.2 Å². The summed E-state index contributed by atoms with van der Waals surface area (Å²) in [6.07, 6.45) is 3.03. The Morgan fingerprint density at radius 3 is 2.70 bits per heavy atom. The number of aryl methyl sites for hydroxylation is 1. The predicted octanol–water partition coefficient (Wildman–Crippen LogP) is 2.08. The zero-order valence-corrected chi connectivity index (χ0v) is 19.5. The van der Waals surface area contributed by atoms with Crippen LogP contribution in [0.4, 0.5) is 0 Å². The van der Waals surface area contributed by atoms with Crippen LogP contribution in [0.15, 0.2) is 47.4 Å². The summed E-state index contributed by atoms with van der Waals surface area (Å²) in [6.45, 7) is 5.05. The molecule has 2 heterocycles. The summed E-state index contributed by atoms with van der Waals surface area (Å²) in [4.78, 5) is 53.6. The summed E-state index contributed by atoms with van der Waals surface area (Å²) >= 11 is 0. The van der Waals surface area contributed by atoms with E-state index in [1.54, 1.807) is 24.1 Å². The van der Waals surface area contributed by atoms with Gasteiger partial charge in [-0.2, -0.15) is 0 Å². The van der Waals surface area contributed by atoms with Gasteiger partial charge in [-0.25, -0.2) is 0 Å². The number of benzene rings is 1. The number of carbonyl (C=O) groups excluding carboxylic acids is 3. The molecule has 1 fully saturated rings. The van der Waals surface area contributed by atoms with E-state index in [4.69, 9.17) is 4.74 Å². The lowest BCUT2D eigenvalue weighted by Crippen LogP contribution is -2.47. The minimum atomic E-state index is -0.508. The molecule has 3 rings (SSSR count). The zero-order valence-electron chi connectivity index (χ0n) is 19.5. The standard InChI is InChI=1S/C25H31N3O5/c1-4-33-25(32)20-10-6-12-27(16-20)22(29)17-26(3)23(30)21-11-7-13-28(24(21)31)15-19-9-5-8-18(2)14-19/h5,7-9,11,13-14,20H,4,6,10,12,15-17H2,1-3H3. The van der Waals surface area contributed by atoms with E-state index in [-0.39, 0.29) is 36.4 Å². The molecule has 1 aliphatic heterocycles. The van der Waals surface area contributed by atoms with Crippen molar-refractivity contribution in [3.8, 4) is 0 Å². The van der Waals surface area contributed by atoms with Gasteiger partial charge in [0.05, 0.1) is 25.6 Å². The molecule has 1 aliphatic rings. The van der Waals surface area contributed by atoms with Crippen LogP contribution in [0.5, 0.6) is 0 Å². The maximum Gasteiger partial charge on any atom is 0.310 e. The lowest BCUT2D eigenvalue weighted by Gasteiger charge is -2.32. The average molecular weight is 454 g/mol. The van der Waals surface area contributed by atoms with Crippen molar-refractivity contribution in [2.75, 3.05) is 33.3 Å². The quantitative estimate of drug-likeness (QED) is 0.599. The summed E-state index contributed by atoms with van der Waals surface area (Å²) < 4.78 is 6.57. The van der Waals surface area contributed by atoms with Crippen LogP contribution >= 0.6 is 0 Å². The summed E-state index contributed by atoms with van der Waals surface area (Å²) in [6, 6.07) is 11.0. The first-order chi connectivity index (χ1) is 15.8. The molecule has 1 aromatic heterocycles. The molecule has 0 saturated carbocycles. The molecule has 8 nitrogen and oxygen atoms in total. The van der Waals surface area contributed by atoms with Crippen LogP contribution in [0.3, 0.4) is 0 Å². The van der Waals surface area contributed by atoms with Gasteiger partial charge in [0.25, 0.3) is 11.5 Å². The molecule has 8 heteroatoms. The van der Waals surface area contributed by atoms with Gasteiger partial charge in [0.15, 0.2) is 0 Å². The number of pyridine rings is 1. The molecule has 0 spiro atoms. The van der Waals surface area contributed by atoms with E-state index in [0.717, 1.165) is 11.1 Å². The highest BCUT2D eigenvalue weighted by molar-refractivity contribution is 5.96. The molecular formula is C25H31N3O5. The van der Waals surface area contributed by atoms with Crippen LogP contribution in [-0.2, 0) is 20.9 Å². The average Bonchev–Trinajstić information content (AvgIpc) is 2.80. The van der Waals surface area contributed by atoms with Crippen molar-refractivity contribution in [3.05, 3.63) is 69.6 Å². The van der Waals surface area contributed by atoms with E-state index in [0.29, 0.717) is 32.5 Å². The Kier molecular flexibility index (Phi) is 8.03. The molecule has 0 bridgehead atoms. The molecule has 33 heavy (non-hydrogen) atoms. The van der Waals surface area contributed by atoms with Crippen LogP contribution in [0.25, 0.3) is 0 Å². The Hall–Kier alpha value is -3.42. The van der Waals surface area contributed by atoms with Gasteiger partial charge in [-0.1, -0.05) is 29.8 Å². The predicted molar refractivity (Wildman–Crippen MR) is 124 cm³/mol. The first-order valence-electron chi connectivity index (χ1n) is 11.2. The van der Waals surface area contributed by atoms with E-state index < -0.39 is 11.5 Å². The maximum atomic E-state index is 13.0. The van der Waals surface area contributed by atoms with Crippen molar-refractivity contribution in [1.29, 1.82) is 0 Å². The smallest absolute Gasteiger partial charge is 0.310 e. The van der Waals surface area contributed by atoms with Crippen molar-refractivity contribution in [2.24, 2.45) is 5.92 Å². The Morgan fingerprint density at radius 2 is 1.97 bits per heavy atom. The van der Waals surface area contributed by atoms with Gasteiger partial charge in [0, 0.05) is 26.3 Å². The van der Waals surface area contributed by atoms with Crippen LogP contribution in [0.2, 0.25) is 0 Å². The molecular weight excluding hydrogens is 422 g/mol. The fraction of sp³-hybridized carbons (Fsp3) is 0.440. The van der Waals surface area contributed by atoms with E-state index in [2.05, 4.69) is 0 Å². The van der Waals surface area contributed by atoms with Gasteiger partial charge in [-0.15, -0.1) is 0 Å². The number of likely N-dealkylation sites (N-methyl/N-ethyl adjacent to an activating group) is 1. The molecule has 0 N–H and O–H groups in total. The van der Waals surface area contributed by atoms with Crippen LogP contribution in [0.1, 0.15) is 41.3 Å². The number of likely N-dealkylation sites (tertiary alicyclic amines) is 1. The highest BCUT2D eigenvalue weighted by Gasteiger charge is 2.30. The highest BCUT2D eigenvalue weighted by atomic mass is 16.5. The van der Waals surface area contributed by atoms with Crippen molar-refractivity contribution in [1.82, 2.24) is 14.4 Å². The fourth-order valence-electron chi connectivity index (χ4n) is 4.07. The van der Waals surface area contributed by atoms with Crippen LogP contribution < -0.4 is 5.56 Å². The largest absolute Gasteiger partial charge is 0.466 e. The number of carbonyl (C=O) groups is 3. The number of piperidine rings is 1. The van der Waals surface area contributed by atoms with Crippen molar-refractivity contribution >= 4 is 17.8 Å². The molecule has 0 radical (unpaired) electrons. The number of amides is 2. The number of rotatable bonds is 7. The fourth-order valence-corrected chi connectivity index (χ4v) is 4.07. The summed E-state index contributed by atoms with van der Waals surface area (Å²) in [5.41, 5.74) is 1.67. The number of hydrogen-bond acceptors (Lipinski definition) is 5. The first-order valence-corrected chi connectivity index (χ1v) is 11.2. The minimum Gasteiger partial charge on any atom is -0.466 e. The zero-order chi connectivity index (χ0) is 24.0. The van der Waals surface area contributed by atoms with Crippen molar-refractivity contribution < 1.29 is 19.1 Å². The van der Waals surface area contributed by atoms with Gasteiger partial charge < -0.3 is 19.1 Å². The molecule has 176 valence electrons. The van der Waals surface area contributed by atoms with E-state index in [1.165, 1.54) is 22.6 Å². The Morgan fingerprint density at radius 1 is 1.18 bits per heavy atom. The lowest BCUT2D eigenvalue weighted by molar-refractivity contribution is -0.151. The van der Waals surface area contributed by atoms with Crippen molar-refractivity contribution in [3.63, 3.8) is 0 Å².